The minimum atomic E-state index is -0.817. The summed E-state index contributed by atoms with van der Waals surface area (Å²) >= 11 is 0. The Morgan fingerprint density at radius 2 is 1.83 bits per heavy atom. The van der Waals surface area contributed by atoms with E-state index in [2.05, 4.69) is 21.7 Å². The van der Waals surface area contributed by atoms with Gasteiger partial charge in [-0.1, -0.05) is 6.07 Å². The van der Waals surface area contributed by atoms with E-state index >= 15 is 0 Å². The summed E-state index contributed by atoms with van der Waals surface area (Å²) in [6.07, 6.45) is 0.520. The van der Waals surface area contributed by atoms with Gasteiger partial charge in [0.1, 0.15) is 0 Å². The van der Waals surface area contributed by atoms with Gasteiger partial charge in [-0.15, -0.1) is 0 Å². The zero-order valence-electron chi connectivity index (χ0n) is 13.6. The number of halogens is 2. The predicted molar refractivity (Wildman–Crippen MR) is 85.1 cm³/mol. The van der Waals surface area contributed by atoms with E-state index in [0.29, 0.717) is 13.1 Å². The molecule has 0 bridgehead atoms. The van der Waals surface area contributed by atoms with Crippen LogP contribution < -0.4 is 0 Å². The molecule has 2 saturated heterocycles. The third-order valence-electron chi connectivity index (χ3n) is 5.03. The molecule has 3 rings (SSSR count). The maximum Gasteiger partial charge on any atom is 0.159 e. The van der Waals surface area contributed by atoms with Crippen LogP contribution in [0.1, 0.15) is 12.0 Å². The van der Waals surface area contributed by atoms with Crippen LogP contribution in [0.15, 0.2) is 18.2 Å². The lowest BCUT2D eigenvalue weighted by atomic mass is 9.98. The van der Waals surface area contributed by atoms with Gasteiger partial charge in [0.15, 0.2) is 11.6 Å². The summed E-state index contributed by atoms with van der Waals surface area (Å²) < 4.78 is 26.3. The third-order valence-corrected chi connectivity index (χ3v) is 5.03. The number of likely N-dealkylation sites (tertiary alicyclic amines) is 1. The molecule has 0 radical (unpaired) electrons. The Balaban J connectivity index is 1.54. The van der Waals surface area contributed by atoms with E-state index < -0.39 is 17.7 Å². The molecule has 0 spiro atoms. The number of nitrogens with zero attached hydrogens (tertiary/aromatic N) is 3. The number of aliphatic hydroxyl groups is 1. The largest absolute Gasteiger partial charge is 0.390 e. The van der Waals surface area contributed by atoms with E-state index in [9.17, 15) is 13.9 Å². The molecule has 0 saturated carbocycles. The molecule has 2 aliphatic heterocycles. The molecule has 2 aliphatic rings. The number of piperazine rings is 1. The maximum absolute atomic E-state index is 13.3. The molecule has 4 nitrogen and oxygen atoms in total. The molecule has 6 heteroatoms. The first kappa shape index (κ1) is 16.8. The second-order valence-electron chi connectivity index (χ2n) is 6.75. The van der Waals surface area contributed by atoms with E-state index in [1.807, 2.05) is 0 Å². The smallest absolute Gasteiger partial charge is 0.159 e. The van der Waals surface area contributed by atoms with Crippen molar-refractivity contribution in [2.75, 3.05) is 46.3 Å². The number of hydrogen-bond acceptors (Lipinski definition) is 4. The number of β-amino-alcohol motifs (C(OH)–C–C–N with tert-alkyl or cyclic N) is 1. The minimum Gasteiger partial charge on any atom is -0.390 e. The molecule has 0 aliphatic carbocycles. The topological polar surface area (TPSA) is 30.0 Å². The fraction of sp³-hybridized carbons (Fsp3) is 0.647. The quantitative estimate of drug-likeness (QED) is 0.903. The van der Waals surface area contributed by atoms with Crippen molar-refractivity contribution in [1.29, 1.82) is 0 Å². The third kappa shape index (κ3) is 4.07. The molecular weight excluding hydrogens is 300 g/mol. The molecule has 2 atom stereocenters. The van der Waals surface area contributed by atoms with Gasteiger partial charge in [-0.2, -0.15) is 0 Å². The number of aliphatic hydroxyl groups excluding tert-OH is 1. The molecule has 1 aromatic carbocycles. The first-order chi connectivity index (χ1) is 11.0. The van der Waals surface area contributed by atoms with Crippen LogP contribution >= 0.6 is 0 Å². The first-order valence-electron chi connectivity index (χ1n) is 8.30. The number of hydrogen-bond donors (Lipinski definition) is 1. The van der Waals surface area contributed by atoms with Gasteiger partial charge in [-0.05, 0) is 31.2 Å². The van der Waals surface area contributed by atoms with Crippen molar-refractivity contribution in [2.24, 2.45) is 0 Å². The maximum atomic E-state index is 13.3. The van der Waals surface area contributed by atoms with Crippen LogP contribution in [-0.2, 0) is 6.54 Å². The standard InChI is InChI=1S/C17H25F2N3O/c1-20-6-8-22(9-7-20)16-4-5-21(12-17(16)23)11-13-2-3-14(18)15(19)10-13/h2-3,10,16-17,23H,4-9,11-12H2,1H3/t16-,17-/m1/s1. The summed E-state index contributed by atoms with van der Waals surface area (Å²) in [6, 6.07) is 4.23. The molecule has 0 aromatic heterocycles. The van der Waals surface area contributed by atoms with Gasteiger partial charge in [0.25, 0.3) is 0 Å². The highest BCUT2D eigenvalue weighted by atomic mass is 19.2. The highest BCUT2D eigenvalue weighted by Crippen LogP contribution is 2.21. The van der Waals surface area contributed by atoms with Gasteiger partial charge in [0.2, 0.25) is 0 Å². The lowest BCUT2D eigenvalue weighted by Crippen LogP contribution is -2.58. The lowest BCUT2D eigenvalue weighted by Gasteiger charge is -2.44. The lowest BCUT2D eigenvalue weighted by molar-refractivity contribution is -0.0286. The Bertz CT molecular complexity index is 535. The van der Waals surface area contributed by atoms with Crippen molar-refractivity contribution in [2.45, 2.75) is 25.1 Å². The Kier molecular flexibility index (Phi) is 5.26. The fourth-order valence-electron chi connectivity index (χ4n) is 3.60. The van der Waals surface area contributed by atoms with Gasteiger partial charge in [0.05, 0.1) is 6.10 Å². The summed E-state index contributed by atoms with van der Waals surface area (Å²) in [5.41, 5.74) is 0.745. The highest BCUT2D eigenvalue weighted by molar-refractivity contribution is 5.17. The van der Waals surface area contributed by atoms with Gasteiger partial charge in [0, 0.05) is 51.9 Å². The van der Waals surface area contributed by atoms with Crippen LogP contribution in [0.3, 0.4) is 0 Å². The van der Waals surface area contributed by atoms with Crippen LogP contribution in [0.5, 0.6) is 0 Å². The fourth-order valence-corrected chi connectivity index (χ4v) is 3.60. The van der Waals surface area contributed by atoms with Crippen LogP contribution in [-0.4, -0.2) is 78.3 Å². The van der Waals surface area contributed by atoms with Crippen molar-refractivity contribution in [1.82, 2.24) is 14.7 Å². The van der Waals surface area contributed by atoms with Crippen LogP contribution in [0.25, 0.3) is 0 Å². The predicted octanol–water partition coefficient (Wildman–Crippen LogP) is 1.15. The monoisotopic (exact) mass is 325 g/mol. The normalized spacial score (nSPS) is 28.2. The Morgan fingerprint density at radius 1 is 1.09 bits per heavy atom. The Hall–Kier alpha value is -1.08. The molecule has 128 valence electrons. The van der Waals surface area contributed by atoms with Crippen molar-refractivity contribution < 1.29 is 13.9 Å². The van der Waals surface area contributed by atoms with Gasteiger partial charge < -0.3 is 10.0 Å². The number of benzene rings is 1. The Morgan fingerprint density at radius 3 is 2.48 bits per heavy atom. The van der Waals surface area contributed by atoms with E-state index in [1.54, 1.807) is 6.07 Å². The Labute approximate surface area is 136 Å². The molecule has 23 heavy (non-hydrogen) atoms. The zero-order chi connectivity index (χ0) is 16.4. The van der Waals surface area contributed by atoms with Crippen molar-refractivity contribution >= 4 is 0 Å². The molecule has 2 fully saturated rings. The van der Waals surface area contributed by atoms with Gasteiger partial charge in [-0.3, -0.25) is 9.80 Å². The van der Waals surface area contributed by atoms with Crippen molar-refractivity contribution in [3.8, 4) is 0 Å². The number of likely N-dealkylation sites (N-methyl/N-ethyl adjacent to an activating group) is 1. The highest BCUT2D eigenvalue weighted by Gasteiger charge is 2.33. The molecule has 2 heterocycles. The summed E-state index contributed by atoms with van der Waals surface area (Å²) in [6.45, 7) is 6.08. The second kappa shape index (κ2) is 7.21. The summed E-state index contributed by atoms with van der Waals surface area (Å²) in [5, 5.41) is 10.5. The van der Waals surface area contributed by atoms with Gasteiger partial charge >= 0.3 is 0 Å². The molecule has 1 aromatic rings. The zero-order valence-corrected chi connectivity index (χ0v) is 13.6. The van der Waals surface area contributed by atoms with E-state index in [-0.39, 0.29) is 6.04 Å². The average Bonchev–Trinajstić information content (AvgIpc) is 2.52. The van der Waals surface area contributed by atoms with Crippen molar-refractivity contribution in [3.05, 3.63) is 35.4 Å². The minimum absolute atomic E-state index is 0.213. The summed E-state index contributed by atoms with van der Waals surface area (Å²) in [7, 11) is 2.12. The molecule has 0 amide bonds. The number of piperidine rings is 1. The van der Waals surface area contributed by atoms with E-state index in [4.69, 9.17) is 0 Å². The average molecular weight is 325 g/mol. The molecule has 1 N–H and O–H groups in total. The number of rotatable bonds is 3. The van der Waals surface area contributed by atoms with Gasteiger partial charge in [-0.25, -0.2) is 8.78 Å². The van der Waals surface area contributed by atoms with Crippen molar-refractivity contribution in [3.63, 3.8) is 0 Å². The summed E-state index contributed by atoms with van der Waals surface area (Å²) in [5.74, 6) is -1.63. The van der Waals surface area contributed by atoms with E-state index in [1.165, 1.54) is 6.07 Å². The SMILES string of the molecule is CN1CCN([C@@H]2CCN(Cc3ccc(F)c(F)c3)C[C@H]2O)CC1. The summed E-state index contributed by atoms with van der Waals surface area (Å²) in [4.78, 5) is 6.81. The molecular formula is C17H25F2N3O. The first-order valence-corrected chi connectivity index (χ1v) is 8.30. The van der Waals surface area contributed by atoms with Crippen LogP contribution in [0, 0.1) is 11.6 Å². The van der Waals surface area contributed by atoms with Crippen LogP contribution in [0.4, 0.5) is 8.78 Å². The molecule has 0 unspecified atom stereocenters. The van der Waals surface area contributed by atoms with Crippen LogP contribution in [0.2, 0.25) is 0 Å². The second-order valence-corrected chi connectivity index (χ2v) is 6.75. The van der Waals surface area contributed by atoms with E-state index in [0.717, 1.165) is 50.8 Å².